The zero-order valence-corrected chi connectivity index (χ0v) is 9.70. The van der Waals surface area contributed by atoms with E-state index in [0.717, 1.165) is 6.54 Å². The Morgan fingerprint density at radius 1 is 1.47 bits per heavy atom. The maximum atomic E-state index is 10.8. The second-order valence-electron chi connectivity index (χ2n) is 4.27. The van der Waals surface area contributed by atoms with Crippen molar-refractivity contribution >= 4 is 5.97 Å². The molecule has 0 aromatic carbocycles. The van der Waals surface area contributed by atoms with Crippen molar-refractivity contribution in [1.29, 1.82) is 0 Å². The first-order valence-corrected chi connectivity index (χ1v) is 5.77. The molecule has 1 rings (SSSR count). The van der Waals surface area contributed by atoms with Gasteiger partial charge in [-0.25, -0.2) is 4.79 Å². The minimum atomic E-state index is -0.780. The van der Waals surface area contributed by atoms with Crippen molar-refractivity contribution in [3.63, 3.8) is 0 Å². The highest BCUT2D eigenvalue weighted by molar-refractivity contribution is 5.86. The molecule has 0 heterocycles. The zero-order valence-electron chi connectivity index (χ0n) is 9.70. The molecule has 1 N–H and O–H groups in total. The van der Waals surface area contributed by atoms with Crippen LogP contribution < -0.4 is 0 Å². The van der Waals surface area contributed by atoms with Gasteiger partial charge in [-0.3, -0.25) is 4.90 Å². The number of likely N-dealkylation sites (N-methyl/N-ethyl adjacent to an activating group) is 1. The molecule has 0 aromatic rings. The Morgan fingerprint density at radius 3 is 2.53 bits per heavy atom. The van der Waals surface area contributed by atoms with E-state index < -0.39 is 5.97 Å². The van der Waals surface area contributed by atoms with E-state index in [2.05, 4.69) is 11.9 Å². The zero-order chi connectivity index (χ0) is 11.3. The summed E-state index contributed by atoms with van der Waals surface area (Å²) in [6, 6.07) is 0.660. The molecule has 0 unspecified atom stereocenters. The van der Waals surface area contributed by atoms with Crippen molar-refractivity contribution in [2.45, 2.75) is 45.1 Å². The van der Waals surface area contributed by atoms with Crippen LogP contribution in [0.15, 0.2) is 11.6 Å². The van der Waals surface area contributed by atoms with Crippen LogP contribution in [-0.4, -0.2) is 35.6 Å². The van der Waals surface area contributed by atoms with Crippen LogP contribution in [0.5, 0.6) is 0 Å². The summed E-state index contributed by atoms with van der Waals surface area (Å²) in [7, 11) is 2.08. The molecule has 0 spiro atoms. The first-order chi connectivity index (χ1) is 7.15. The molecule has 0 aliphatic heterocycles. The van der Waals surface area contributed by atoms with E-state index >= 15 is 0 Å². The molecule has 0 radical (unpaired) electrons. The van der Waals surface area contributed by atoms with Gasteiger partial charge in [-0.1, -0.05) is 25.8 Å². The van der Waals surface area contributed by atoms with Crippen molar-refractivity contribution in [1.82, 2.24) is 4.90 Å². The van der Waals surface area contributed by atoms with Gasteiger partial charge in [0.05, 0.1) is 0 Å². The van der Waals surface area contributed by atoms with Gasteiger partial charge >= 0.3 is 5.97 Å². The monoisotopic (exact) mass is 211 g/mol. The lowest BCUT2D eigenvalue weighted by Crippen LogP contribution is -2.29. The highest BCUT2D eigenvalue weighted by Gasteiger charge is 2.18. The summed E-state index contributed by atoms with van der Waals surface area (Å²) in [5.74, 6) is -0.780. The van der Waals surface area contributed by atoms with Crippen LogP contribution in [0.25, 0.3) is 0 Å². The van der Waals surface area contributed by atoms with Crippen LogP contribution >= 0.6 is 0 Å². The fourth-order valence-electron chi connectivity index (χ4n) is 2.13. The third-order valence-corrected chi connectivity index (χ3v) is 3.23. The molecule has 1 saturated carbocycles. The number of carbonyl (C=O) groups is 1. The van der Waals surface area contributed by atoms with Gasteiger partial charge in [0.1, 0.15) is 0 Å². The molecule has 1 aliphatic carbocycles. The fraction of sp³-hybridized carbons (Fsp3) is 0.750. The molecule has 15 heavy (non-hydrogen) atoms. The first-order valence-electron chi connectivity index (χ1n) is 5.77. The fourth-order valence-corrected chi connectivity index (χ4v) is 2.13. The number of carboxylic acid groups (broad SMARTS) is 1. The smallest absolute Gasteiger partial charge is 0.331 e. The van der Waals surface area contributed by atoms with Gasteiger partial charge in [0.25, 0.3) is 0 Å². The third kappa shape index (κ3) is 3.67. The molecule has 0 bridgehead atoms. The average Bonchev–Trinajstić information content (AvgIpc) is 2.70. The predicted octanol–water partition coefficient (Wildman–Crippen LogP) is 2.28. The van der Waals surface area contributed by atoms with Gasteiger partial charge in [0, 0.05) is 18.2 Å². The molecule has 0 aromatic heterocycles. The van der Waals surface area contributed by atoms with E-state index in [1.165, 1.54) is 25.7 Å². The van der Waals surface area contributed by atoms with E-state index in [-0.39, 0.29) is 0 Å². The van der Waals surface area contributed by atoms with Crippen molar-refractivity contribution in [3.8, 4) is 0 Å². The average molecular weight is 211 g/mol. The highest BCUT2D eigenvalue weighted by Crippen LogP contribution is 2.22. The molecule has 3 heteroatoms. The molecular formula is C12H21NO2. The Balaban J connectivity index is 2.42. The number of carboxylic acids is 1. The maximum Gasteiger partial charge on any atom is 0.331 e. The Labute approximate surface area is 91.8 Å². The van der Waals surface area contributed by atoms with Gasteiger partial charge in [0.2, 0.25) is 0 Å². The normalized spacial score (nSPS) is 18.7. The largest absolute Gasteiger partial charge is 0.478 e. The van der Waals surface area contributed by atoms with E-state index in [0.29, 0.717) is 18.0 Å². The number of hydrogen-bond acceptors (Lipinski definition) is 2. The summed E-state index contributed by atoms with van der Waals surface area (Å²) in [6.45, 7) is 2.65. The quantitative estimate of drug-likeness (QED) is 0.709. The van der Waals surface area contributed by atoms with Crippen LogP contribution in [-0.2, 0) is 4.79 Å². The summed E-state index contributed by atoms with van der Waals surface area (Å²) in [5.41, 5.74) is 0.528. The van der Waals surface area contributed by atoms with Gasteiger partial charge in [0.15, 0.2) is 0 Å². The van der Waals surface area contributed by atoms with Crippen LogP contribution in [0.4, 0.5) is 0 Å². The van der Waals surface area contributed by atoms with Crippen LogP contribution in [0.1, 0.15) is 39.0 Å². The van der Waals surface area contributed by atoms with Crippen LogP contribution in [0.2, 0.25) is 0 Å². The molecule has 1 aliphatic rings. The summed E-state index contributed by atoms with van der Waals surface area (Å²) < 4.78 is 0. The lowest BCUT2D eigenvalue weighted by molar-refractivity contribution is -0.132. The minimum absolute atomic E-state index is 0.528. The predicted molar refractivity (Wildman–Crippen MR) is 60.9 cm³/mol. The molecule has 86 valence electrons. The van der Waals surface area contributed by atoms with Crippen LogP contribution in [0, 0.1) is 0 Å². The number of rotatable bonds is 5. The Hall–Kier alpha value is -0.830. The minimum Gasteiger partial charge on any atom is -0.478 e. The van der Waals surface area contributed by atoms with Gasteiger partial charge < -0.3 is 5.11 Å². The van der Waals surface area contributed by atoms with Gasteiger partial charge in [-0.2, -0.15) is 0 Å². The molecule has 0 saturated heterocycles. The first kappa shape index (κ1) is 12.2. The van der Waals surface area contributed by atoms with E-state index in [1.807, 2.05) is 13.0 Å². The summed E-state index contributed by atoms with van der Waals surface area (Å²) in [6.07, 6.45) is 7.61. The van der Waals surface area contributed by atoms with E-state index in [4.69, 9.17) is 5.11 Å². The van der Waals surface area contributed by atoms with E-state index in [9.17, 15) is 4.79 Å². The molecule has 0 amide bonds. The van der Waals surface area contributed by atoms with E-state index in [1.54, 1.807) is 0 Å². The van der Waals surface area contributed by atoms with Crippen LogP contribution in [0.3, 0.4) is 0 Å². The lowest BCUT2D eigenvalue weighted by atomic mass is 10.1. The topological polar surface area (TPSA) is 40.5 Å². The van der Waals surface area contributed by atoms with Crippen molar-refractivity contribution in [2.75, 3.05) is 13.6 Å². The van der Waals surface area contributed by atoms with Crippen molar-refractivity contribution < 1.29 is 9.90 Å². The summed E-state index contributed by atoms with van der Waals surface area (Å²) in [4.78, 5) is 13.0. The molecule has 1 fully saturated rings. The standard InChI is InChI=1S/C12H21NO2/c1-3-10(12(14)15)8-9-13(2)11-6-4-5-7-11/h8,11H,3-7,9H2,1-2H3,(H,14,15). The SMILES string of the molecule is CCC(=CCN(C)C1CCCC1)C(=O)O. The number of nitrogens with zero attached hydrogens (tertiary/aromatic N) is 1. The molecule has 3 nitrogen and oxygen atoms in total. The third-order valence-electron chi connectivity index (χ3n) is 3.23. The van der Waals surface area contributed by atoms with Gasteiger partial charge in [-0.15, -0.1) is 0 Å². The second kappa shape index (κ2) is 5.91. The number of aliphatic carboxylic acids is 1. The maximum absolute atomic E-state index is 10.8. The number of hydrogen-bond donors (Lipinski definition) is 1. The highest BCUT2D eigenvalue weighted by atomic mass is 16.4. The summed E-state index contributed by atoms with van der Waals surface area (Å²) in [5, 5.41) is 8.86. The van der Waals surface area contributed by atoms with Crippen molar-refractivity contribution in [2.24, 2.45) is 0 Å². The Kier molecular flexibility index (Phi) is 4.82. The molecule has 0 atom stereocenters. The second-order valence-corrected chi connectivity index (χ2v) is 4.27. The Bertz CT molecular complexity index is 242. The molecular weight excluding hydrogens is 190 g/mol. The lowest BCUT2D eigenvalue weighted by Gasteiger charge is -2.22. The van der Waals surface area contributed by atoms with Gasteiger partial charge in [-0.05, 0) is 26.3 Å². The summed E-state index contributed by atoms with van der Waals surface area (Å²) >= 11 is 0. The van der Waals surface area contributed by atoms with Crippen molar-refractivity contribution in [3.05, 3.63) is 11.6 Å². The Morgan fingerprint density at radius 2 is 2.07 bits per heavy atom.